The van der Waals surface area contributed by atoms with Gasteiger partial charge in [0, 0.05) is 31.8 Å². The van der Waals surface area contributed by atoms with Crippen molar-refractivity contribution in [3.05, 3.63) is 55.1 Å². The van der Waals surface area contributed by atoms with Crippen LogP contribution in [0.1, 0.15) is 29.2 Å². The van der Waals surface area contributed by atoms with Crippen molar-refractivity contribution in [1.29, 1.82) is 0 Å². The Bertz CT molecular complexity index is 561. The lowest BCUT2D eigenvalue weighted by molar-refractivity contribution is 0.289. The molecule has 3 rings (SSSR count). The summed E-state index contributed by atoms with van der Waals surface area (Å²) in [5.41, 5.74) is 1.46. The van der Waals surface area contributed by atoms with E-state index in [1.807, 2.05) is 11.3 Å². The molecule has 1 aliphatic rings. The number of hydrogen-bond donors (Lipinski definition) is 1. The molecule has 0 saturated heterocycles. The Morgan fingerprint density at radius 1 is 1.21 bits per heavy atom. The van der Waals surface area contributed by atoms with Gasteiger partial charge in [-0.1, -0.05) is 34.1 Å². The zero-order chi connectivity index (χ0) is 13.2. The molecule has 1 aromatic carbocycles. The van der Waals surface area contributed by atoms with Gasteiger partial charge >= 0.3 is 0 Å². The highest BCUT2D eigenvalue weighted by Gasteiger charge is 2.30. The lowest BCUT2D eigenvalue weighted by Crippen LogP contribution is -2.39. The van der Waals surface area contributed by atoms with Gasteiger partial charge in [-0.15, -0.1) is 11.3 Å². The maximum absolute atomic E-state index is 3.65. The molecule has 100 valence electrons. The number of halogens is 2. The highest BCUT2D eigenvalue weighted by Crippen LogP contribution is 2.40. The number of rotatable bonds is 4. The van der Waals surface area contributed by atoms with Crippen LogP contribution in [-0.2, 0) is 6.54 Å². The quantitative estimate of drug-likeness (QED) is 0.733. The fourth-order valence-electron chi connectivity index (χ4n) is 2.54. The van der Waals surface area contributed by atoms with Crippen LogP contribution in [0.25, 0.3) is 0 Å². The minimum Gasteiger partial charge on any atom is -0.309 e. The van der Waals surface area contributed by atoms with E-state index >= 15 is 0 Å². The van der Waals surface area contributed by atoms with E-state index in [4.69, 9.17) is 0 Å². The van der Waals surface area contributed by atoms with Crippen LogP contribution in [0, 0.1) is 0 Å². The third-order valence-electron chi connectivity index (χ3n) is 3.67. The summed E-state index contributed by atoms with van der Waals surface area (Å²) in [6.07, 6.45) is 2.49. The standard InChI is InChI=1S/C15H15Br2NS/c16-11-7-13(19-9-11)8-18-12-5-10(6-12)14-3-1-2-4-15(14)17/h1-4,7,9-10,12,18H,5-6,8H2. The molecular formula is C15H15Br2NS. The van der Waals surface area contributed by atoms with Crippen LogP contribution in [0.4, 0.5) is 0 Å². The van der Waals surface area contributed by atoms with Crippen molar-refractivity contribution >= 4 is 43.2 Å². The van der Waals surface area contributed by atoms with E-state index in [9.17, 15) is 0 Å². The molecule has 0 spiro atoms. The van der Waals surface area contributed by atoms with E-state index in [0.717, 1.165) is 6.54 Å². The van der Waals surface area contributed by atoms with E-state index in [1.165, 1.54) is 32.2 Å². The number of thiophene rings is 1. The number of hydrogen-bond acceptors (Lipinski definition) is 2. The van der Waals surface area contributed by atoms with Gasteiger partial charge in [0.25, 0.3) is 0 Å². The molecule has 1 fully saturated rings. The Labute approximate surface area is 134 Å². The molecule has 4 heteroatoms. The SMILES string of the molecule is Brc1csc(CNC2CC(c3ccccc3Br)C2)c1. The Balaban J connectivity index is 1.49. The van der Waals surface area contributed by atoms with Crippen molar-refractivity contribution < 1.29 is 0 Å². The van der Waals surface area contributed by atoms with Crippen molar-refractivity contribution in [1.82, 2.24) is 5.32 Å². The minimum atomic E-state index is 0.665. The molecule has 0 amide bonds. The molecular weight excluding hydrogens is 386 g/mol. The first-order valence-corrected chi connectivity index (χ1v) is 8.89. The fraction of sp³-hybridized carbons (Fsp3) is 0.333. The molecule has 0 aliphatic heterocycles. The highest BCUT2D eigenvalue weighted by atomic mass is 79.9. The molecule has 1 N–H and O–H groups in total. The average Bonchev–Trinajstić information content (AvgIpc) is 2.75. The Morgan fingerprint density at radius 2 is 2.00 bits per heavy atom. The number of nitrogens with one attached hydrogen (secondary N) is 1. The number of benzene rings is 1. The molecule has 0 radical (unpaired) electrons. The van der Waals surface area contributed by atoms with Crippen molar-refractivity contribution in [2.75, 3.05) is 0 Å². The summed E-state index contributed by atoms with van der Waals surface area (Å²) in [4.78, 5) is 1.40. The normalized spacial score (nSPS) is 22.2. The predicted molar refractivity (Wildman–Crippen MR) is 88.8 cm³/mol. The second-order valence-electron chi connectivity index (χ2n) is 5.00. The maximum Gasteiger partial charge on any atom is 0.0302 e. The largest absolute Gasteiger partial charge is 0.309 e. The van der Waals surface area contributed by atoms with E-state index in [2.05, 4.69) is 72.9 Å². The second-order valence-corrected chi connectivity index (χ2v) is 7.76. The van der Waals surface area contributed by atoms with Gasteiger partial charge in [-0.3, -0.25) is 0 Å². The minimum absolute atomic E-state index is 0.665. The molecule has 19 heavy (non-hydrogen) atoms. The Hall–Kier alpha value is -0.160. The van der Waals surface area contributed by atoms with Crippen LogP contribution in [0.3, 0.4) is 0 Å². The predicted octanol–water partition coefficient (Wildman–Crippen LogP) is 5.31. The van der Waals surface area contributed by atoms with Crippen molar-refractivity contribution in [2.24, 2.45) is 0 Å². The van der Waals surface area contributed by atoms with Gasteiger partial charge in [0.05, 0.1) is 0 Å². The Kier molecular flexibility index (Phi) is 4.42. The molecule has 1 aromatic heterocycles. The smallest absolute Gasteiger partial charge is 0.0302 e. The van der Waals surface area contributed by atoms with Gasteiger partial charge in [-0.2, -0.15) is 0 Å². The lowest BCUT2D eigenvalue weighted by Gasteiger charge is -2.36. The summed E-state index contributed by atoms with van der Waals surface area (Å²) in [5.74, 6) is 0.711. The molecule has 0 bridgehead atoms. The van der Waals surface area contributed by atoms with Crippen molar-refractivity contribution in [3.63, 3.8) is 0 Å². The summed E-state index contributed by atoms with van der Waals surface area (Å²) >= 11 is 8.95. The Morgan fingerprint density at radius 3 is 2.68 bits per heavy atom. The first-order valence-electron chi connectivity index (χ1n) is 6.43. The van der Waals surface area contributed by atoms with Gasteiger partial charge in [0.2, 0.25) is 0 Å². The third-order valence-corrected chi connectivity index (χ3v) is 6.09. The molecule has 1 nitrogen and oxygen atoms in total. The molecule has 1 saturated carbocycles. The summed E-state index contributed by atoms with van der Waals surface area (Å²) in [5, 5.41) is 5.78. The molecule has 1 aliphatic carbocycles. The highest BCUT2D eigenvalue weighted by molar-refractivity contribution is 9.10. The lowest BCUT2D eigenvalue weighted by atomic mass is 9.76. The van der Waals surface area contributed by atoms with Crippen molar-refractivity contribution in [2.45, 2.75) is 31.3 Å². The van der Waals surface area contributed by atoms with Gasteiger partial charge < -0.3 is 5.32 Å². The van der Waals surface area contributed by atoms with Crippen LogP contribution < -0.4 is 5.32 Å². The summed E-state index contributed by atoms with van der Waals surface area (Å²) < 4.78 is 2.44. The van der Waals surface area contributed by atoms with Crippen molar-refractivity contribution in [3.8, 4) is 0 Å². The second kappa shape index (κ2) is 6.08. The monoisotopic (exact) mass is 399 g/mol. The maximum atomic E-state index is 3.65. The van der Waals surface area contributed by atoms with Gasteiger partial charge in [0.15, 0.2) is 0 Å². The van der Waals surface area contributed by atoms with E-state index in [0.29, 0.717) is 12.0 Å². The van der Waals surface area contributed by atoms with E-state index in [-0.39, 0.29) is 0 Å². The summed E-state index contributed by atoms with van der Waals surface area (Å²) in [7, 11) is 0. The van der Waals surface area contributed by atoms with E-state index < -0.39 is 0 Å². The van der Waals surface area contributed by atoms with Crippen LogP contribution in [-0.4, -0.2) is 6.04 Å². The van der Waals surface area contributed by atoms with Crippen LogP contribution >= 0.6 is 43.2 Å². The first kappa shape index (κ1) is 13.8. The average molecular weight is 401 g/mol. The molecule has 2 aromatic rings. The van der Waals surface area contributed by atoms with Crippen LogP contribution in [0.5, 0.6) is 0 Å². The summed E-state index contributed by atoms with van der Waals surface area (Å²) in [6, 6.07) is 11.4. The first-order chi connectivity index (χ1) is 9.22. The third kappa shape index (κ3) is 3.30. The molecule has 1 heterocycles. The zero-order valence-electron chi connectivity index (χ0n) is 10.4. The van der Waals surface area contributed by atoms with Crippen LogP contribution in [0.15, 0.2) is 44.7 Å². The fourth-order valence-corrected chi connectivity index (χ4v) is 4.55. The van der Waals surface area contributed by atoms with Gasteiger partial charge in [-0.05, 0) is 52.4 Å². The van der Waals surface area contributed by atoms with E-state index in [1.54, 1.807) is 0 Å². The van der Waals surface area contributed by atoms with Gasteiger partial charge in [-0.25, -0.2) is 0 Å². The van der Waals surface area contributed by atoms with Gasteiger partial charge in [0.1, 0.15) is 0 Å². The topological polar surface area (TPSA) is 12.0 Å². The van der Waals surface area contributed by atoms with Crippen LogP contribution in [0.2, 0.25) is 0 Å². The molecule has 0 unspecified atom stereocenters. The summed E-state index contributed by atoms with van der Waals surface area (Å²) in [6.45, 7) is 0.990. The molecule has 0 atom stereocenters. The zero-order valence-corrected chi connectivity index (χ0v) is 14.4.